The second-order valence-electron chi connectivity index (χ2n) is 9.46. The number of aromatic nitrogens is 1. The highest BCUT2D eigenvalue weighted by Crippen LogP contribution is 2.39. The van der Waals surface area contributed by atoms with E-state index in [4.69, 9.17) is 19.2 Å². The van der Waals surface area contributed by atoms with Crippen molar-refractivity contribution >= 4 is 16.8 Å². The first-order valence-corrected chi connectivity index (χ1v) is 12.3. The third-order valence-corrected chi connectivity index (χ3v) is 7.39. The van der Waals surface area contributed by atoms with Crippen molar-refractivity contribution in [3.63, 3.8) is 0 Å². The number of rotatable bonds is 7. The fourth-order valence-electron chi connectivity index (χ4n) is 5.72. The van der Waals surface area contributed by atoms with E-state index >= 15 is 0 Å². The number of para-hydroxylation sites is 1. The summed E-state index contributed by atoms with van der Waals surface area (Å²) in [5.74, 6) is 1.33. The number of fused-ring (bicyclic) bond motifs is 3. The van der Waals surface area contributed by atoms with Gasteiger partial charge in [-0.3, -0.25) is 14.7 Å². The molecular formula is C28H33N3O4. The van der Waals surface area contributed by atoms with Gasteiger partial charge >= 0.3 is 0 Å². The van der Waals surface area contributed by atoms with Gasteiger partial charge in [0.05, 0.1) is 32.5 Å². The summed E-state index contributed by atoms with van der Waals surface area (Å²) in [4.78, 5) is 20.7. The molecule has 3 atom stereocenters. The zero-order valence-corrected chi connectivity index (χ0v) is 20.6. The maximum absolute atomic E-state index is 13.2. The standard InChI is InChI=1S/C28H33N3O4/c1-33-25-13-19(14-26(34-2)27(25)35-3)28(32)30-21-15-22-8-6-9-23(16-21)31(22)17-20-12-11-18-7-4-5-10-24(18)29-20/h4-5,7,10-14,21-23H,6,8-9,15-17H2,1-3H3,(H,30,32)/t21?,22-,23+. The van der Waals surface area contributed by atoms with Gasteiger partial charge in [-0.05, 0) is 49.9 Å². The lowest BCUT2D eigenvalue weighted by Gasteiger charge is -2.49. The van der Waals surface area contributed by atoms with Crippen molar-refractivity contribution in [2.24, 2.45) is 0 Å². The van der Waals surface area contributed by atoms with Crippen molar-refractivity contribution in [1.82, 2.24) is 15.2 Å². The van der Waals surface area contributed by atoms with Crippen LogP contribution in [0.2, 0.25) is 0 Å². The number of benzene rings is 2. The van der Waals surface area contributed by atoms with Crippen molar-refractivity contribution < 1.29 is 19.0 Å². The SMILES string of the molecule is COc1cc(C(=O)NC2C[C@H]3CCC[C@@H](C2)N3Cc2ccc3ccccc3n2)cc(OC)c1OC. The van der Waals surface area contributed by atoms with Crippen LogP contribution in [-0.2, 0) is 6.54 Å². The van der Waals surface area contributed by atoms with Gasteiger partial charge in [0.1, 0.15) is 0 Å². The third-order valence-electron chi connectivity index (χ3n) is 7.39. The molecule has 7 heteroatoms. The Morgan fingerprint density at radius 2 is 1.66 bits per heavy atom. The number of nitrogens with zero attached hydrogens (tertiary/aromatic N) is 2. The number of carbonyl (C=O) groups excluding carboxylic acids is 1. The lowest BCUT2D eigenvalue weighted by Crippen LogP contribution is -2.56. The number of ether oxygens (including phenoxy) is 3. The third kappa shape index (κ3) is 4.78. The van der Waals surface area contributed by atoms with E-state index in [1.54, 1.807) is 33.5 Å². The van der Waals surface area contributed by atoms with Crippen molar-refractivity contribution in [2.45, 2.75) is 56.8 Å². The average molecular weight is 476 g/mol. The van der Waals surface area contributed by atoms with E-state index in [2.05, 4.69) is 34.5 Å². The molecule has 2 aromatic carbocycles. The molecule has 2 fully saturated rings. The van der Waals surface area contributed by atoms with Crippen LogP contribution in [0.15, 0.2) is 48.5 Å². The van der Waals surface area contributed by atoms with Crippen LogP contribution in [0.1, 0.15) is 48.2 Å². The molecule has 2 bridgehead atoms. The number of methoxy groups -OCH3 is 3. The summed E-state index contributed by atoms with van der Waals surface area (Å²) in [6.45, 7) is 0.855. The molecular weight excluding hydrogens is 442 g/mol. The Balaban J connectivity index is 1.29. The Kier molecular flexibility index (Phi) is 6.77. The van der Waals surface area contributed by atoms with Crippen LogP contribution in [0.5, 0.6) is 17.2 Å². The summed E-state index contributed by atoms with van der Waals surface area (Å²) < 4.78 is 16.2. The van der Waals surface area contributed by atoms with Crippen LogP contribution in [-0.4, -0.2) is 55.2 Å². The summed E-state index contributed by atoms with van der Waals surface area (Å²) in [6.07, 6.45) is 5.44. The van der Waals surface area contributed by atoms with E-state index in [-0.39, 0.29) is 11.9 Å². The van der Waals surface area contributed by atoms with E-state index in [1.807, 2.05) is 12.1 Å². The van der Waals surface area contributed by atoms with Gasteiger partial charge in [-0.2, -0.15) is 0 Å². The molecule has 1 N–H and O–H groups in total. The van der Waals surface area contributed by atoms with Gasteiger partial charge in [0.2, 0.25) is 5.75 Å². The van der Waals surface area contributed by atoms with Gasteiger partial charge in [0, 0.05) is 35.6 Å². The Hall–Kier alpha value is -3.32. The zero-order valence-electron chi connectivity index (χ0n) is 20.6. The van der Waals surface area contributed by atoms with E-state index in [9.17, 15) is 4.79 Å². The molecule has 2 saturated heterocycles. The molecule has 0 aliphatic carbocycles. The molecule has 3 heterocycles. The van der Waals surface area contributed by atoms with Gasteiger partial charge in [0.15, 0.2) is 11.5 Å². The first-order chi connectivity index (χ1) is 17.1. The Morgan fingerprint density at radius 3 is 2.31 bits per heavy atom. The fourth-order valence-corrected chi connectivity index (χ4v) is 5.72. The maximum Gasteiger partial charge on any atom is 0.251 e. The minimum absolute atomic E-state index is 0.114. The second-order valence-corrected chi connectivity index (χ2v) is 9.46. The van der Waals surface area contributed by atoms with E-state index in [1.165, 1.54) is 11.8 Å². The molecule has 7 nitrogen and oxygen atoms in total. The minimum atomic E-state index is -0.114. The Bertz CT molecular complexity index is 1170. The molecule has 2 aliphatic heterocycles. The van der Waals surface area contributed by atoms with Crippen molar-refractivity contribution in [3.8, 4) is 17.2 Å². The molecule has 1 aromatic heterocycles. The maximum atomic E-state index is 13.2. The molecule has 1 unspecified atom stereocenters. The first-order valence-electron chi connectivity index (χ1n) is 12.3. The first kappa shape index (κ1) is 23.4. The lowest BCUT2D eigenvalue weighted by atomic mass is 9.81. The number of piperidine rings is 2. The number of hydrogen-bond acceptors (Lipinski definition) is 6. The largest absolute Gasteiger partial charge is 0.493 e. The van der Waals surface area contributed by atoms with E-state index in [0.717, 1.165) is 43.4 Å². The van der Waals surface area contributed by atoms with Gasteiger partial charge in [-0.15, -0.1) is 0 Å². The van der Waals surface area contributed by atoms with Gasteiger partial charge in [-0.1, -0.05) is 30.7 Å². The van der Waals surface area contributed by atoms with Crippen LogP contribution in [0.4, 0.5) is 0 Å². The number of nitrogens with one attached hydrogen (secondary N) is 1. The highest BCUT2D eigenvalue weighted by molar-refractivity contribution is 5.95. The summed E-state index contributed by atoms with van der Waals surface area (Å²) in [5, 5.41) is 4.45. The normalized spacial score (nSPS) is 22.0. The van der Waals surface area contributed by atoms with Gasteiger partial charge in [0.25, 0.3) is 5.91 Å². The molecule has 1 amide bonds. The molecule has 5 rings (SSSR count). The van der Waals surface area contributed by atoms with Crippen LogP contribution in [0.25, 0.3) is 10.9 Å². The summed E-state index contributed by atoms with van der Waals surface area (Å²) in [6, 6.07) is 17.0. The van der Waals surface area contributed by atoms with Crippen LogP contribution >= 0.6 is 0 Å². The van der Waals surface area contributed by atoms with E-state index in [0.29, 0.717) is 34.9 Å². The average Bonchev–Trinajstić information content (AvgIpc) is 2.88. The Morgan fingerprint density at radius 1 is 0.971 bits per heavy atom. The van der Waals surface area contributed by atoms with Crippen LogP contribution in [0.3, 0.4) is 0 Å². The number of pyridine rings is 1. The predicted molar refractivity (Wildman–Crippen MR) is 135 cm³/mol. The highest BCUT2D eigenvalue weighted by atomic mass is 16.5. The highest BCUT2D eigenvalue weighted by Gasteiger charge is 2.39. The van der Waals surface area contributed by atoms with Crippen molar-refractivity contribution in [3.05, 3.63) is 59.8 Å². The lowest BCUT2D eigenvalue weighted by molar-refractivity contribution is 0.0168. The van der Waals surface area contributed by atoms with Gasteiger partial charge in [-0.25, -0.2) is 0 Å². The number of carbonyl (C=O) groups is 1. The zero-order chi connectivity index (χ0) is 24.4. The molecule has 0 spiro atoms. The predicted octanol–water partition coefficient (Wildman–Crippen LogP) is 4.58. The van der Waals surface area contributed by atoms with Crippen molar-refractivity contribution in [1.29, 1.82) is 0 Å². The smallest absolute Gasteiger partial charge is 0.251 e. The monoisotopic (exact) mass is 475 g/mol. The van der Waals surface area contributed by atoms with Crippen LogP contribution in [0, 0.1) is 0 Å². The summed E-state index contributed by atoms with van der Waals surface area (Å²) >= 11 is 0. The second kappa shape index (κ2) is 10.1. The van der Waals surface area contributed by atoms with E-state index < -0.39 is 0 Å². The molecule has 0 saturated carbocycles. The molecule has 2 aliphatic rings. The van der Waals surface area contributed by atoms with Gasteiger partial charge < -0.3 is 19.5 Å². The summed E-state index contributed by atoms with van der Waals surface area (Å²) in [5.41, 5.74) is 2.66. The van der Waals surface area contributed by atoms with Crippen molar-refractivity contribution in [2.75, 3.05) is 21.3 Å². The minimum Gasteiger partial charge on any atom is -0.493 e. The van der Waals surface area contributed by atoms with Crippen LogP contribution < -0.4 is 19.5 Å². The topological polar surface area (TPSA) is 72.9 Å². The summed E-state index contributed by atoms with van der Waals surface area (Å²) in [7, 11) is 4.67. The Labute approximate surface area is 206 Å². The molecule has 0 radical (unpaired) electrons. The molecule has 35 heavy (non-hydrogen) atoms. The molecule has 3 aromatic rings. The number of hydrogen-bond donors (Lipinski definition) is 1. The fraction of sp³-hybridized carbons (Fsp3) is 0.429. The molecule has 184 valence electrons. The number of amides is 1. The quantitative estimate of drug-likeness (QED) is 0.540.